The molecule has 7 nitrogen and oxygen atoms in total. The zero-order chi connectivity index (χ0) is 20.4. The molecule has 0 N–H and O–H groups in total. The number of methoxy groups -OCH3 is 2. The van der Waals surface area contributed by atoms with Gasteiger partial charge in [-0.1, -0.05) is 28.9 Å². The Morgan fingerprint density at radius 3 is 2.59 bits per heavy atom. The first-order valence-electron chi connectivity index (χ1n) is 9.53. The number of aromatic nitrogens is 2. The van der Waals surface area contributed by atoms with Crippen molar-refractivity contribution in [3.63, 3.8) is 0 Å². The van der Waals surface area contributed by atoms with Crippen molar-refractivity contribution in [2.45, 2.75) is 25.8 Å². The third-order valence-corrected chi connectivity index (χ3v) is 5.12. The van der Waals surface area contributed by atoms with Gasteiger partial charge in [0, 0.05) is 23.7 Å². The average Bonchev–Trinajstić information content (AvgIpc) is 3.42. The molecule has 4 rings (SSSR count). The Labute approximate surface area is 169 Å². The van der Waals surface area contributed by atoms with Crippen LogP contribution in [-0.4, -0.2) is 41.7 Å². The fraction of sp³-hybridized carbons (Fsp3) is 0.318. The van der Waals surface area contributed by atoms with E-state index < -0.39 is 0 Å². The molecule has 2 heterocycles. The maximum Gasteiger partial charge on any atom is 0.254 e. The number of ether oxygens (including phenoxy) is 2. The quantitative estimate of drug-likeness (QED) is 0.651. The molecule has 1 aliphatic heterocycles. The molecule has 1 aromatic heterocycles. The monoisotopic (exact) mass is 393 g/mol. The number of rotatable bonds is 5. The highest BCUT2D eigenvalue weighted by atomic mass is 16.5. The second kappa shape index (κ2) is 7.95. The maximum absolute atomic E-state index is 13.2. The van der Waals surface area contributed by atoms with E-state index in [0.29, 0.717) is 35.3 Å². The van der Waals surface area contributed by atoms with Crippen LogP contribution in [0, 0.1) is 6.92 Å². The van der Waals surface area contributed by atoms with Crippen LogP contribution in [-0.2, 0) is 0 Å². The molecular formula is C22H23N3O4. The van der Waals surface area contributed by atoms with E-state index in [1.54, 1.807) is 37.3 Å². The molecule has 0 spiro atoms. The van der Waals surface area contributed by atoms with Gasteiger partial charge in [-0.05, 0) is 38.0 Å². The topological polar surface area (TPSA) is 77.7 Å². The summed E-state index contributed by atoms with van der Waals surface area (Å²) in [5.41, 5.74) is 2.53. The fourth-order valence-electron chi connectivity index (χ4n) is 3.64. The molecule has 1 amide bonds. The van der Waals surface area contributed by atoms with Crippen molar-refractivity contribution in [1.29, 1.82) is 0 Å². The molecular weight excluding hydrogens is 370 g/mol. The molecule has 1 unspecified atom stereocenters. The van der Waals surface area contributed by atoms with Gasteiger partial charge in [0.15, 0.2) is 0 Å². The van der Waals surface area contributed by atoms with Crippen LogP contribution in [0.4, 0.5) is 0 Å². The average molecular weight is 393 g/mol. The van der Waals surface area contributed by atoms with Crippen molar-refractivity contribution >= 4 is 5.91 Å². The van der Waals surface area contributed by atoms with Crippen LogP contribution in [0.15, 0.2) is 47.0 Å². The lowest BCUT2D eigenvalue weighted by atomic mass is 10.1. The SMILES string of the molecule is COc1cc(OC)cc(C(=O)N2CCCC2c2nc(-c3cccc(C)c3)no2)c1. The van der Waals surface area contributed by atoms with Crippen LogP contribution in [0.5, 0.6) is 11.5 Å². The van der Waals surface area contributed by atoms with Crippen LogP contribution < -0.4 is 9.47 Å². The van der Waals surface area contributed by atoms with E-state index in [0.717, 1.165) is 24.0 Å². The zero-order valence-electron chi connectivity index (χ0n) is 16.7. The number of hydrogen-bond donors (Lipinski definition) is 0. The third kappa shape index (κ3) is 3.81. The Morgan fingerprint density at radius 1 is 1.14 bits per heavy atom. The minimum atomic E-state index is -0.245. The fourth-order valence-corrected chi connectivity index (χ4v) is 3.64. The normalized spacial score (nSPS) is 16.1. The van der Waals surface area contributed by atoms with Crippen LogP contribution in [0.2, 0.25) is 0 Å². The van der Waals surface area contributed by atoms with E-state index in [2.05, 4.69) is 10.1 Å². The lowest BCUT2D eigenvalue weighted by Crippen LogP contribution is -2.30. The first-order chi connectivity index (χ1) is 14.1. The molecule has 1 atom stereocenters. The van der Waals surface area contributed by atoms with E-state index in [9.17, 15) is 4.79 Å². The summed E-state index contributed by atoms with van der Waals surface area (Å²) in [6.07, 6.45) is 1.65. The number of likely N-dealkylation sites (tertiary alicyclic amines) is 1. The molecule has 150 valence electrons. The zero-order valence-corrected chi connectivity index (χ0v) is 16.7. The Bertz CT molecular complexity index is 1010. The van der Waals surface area contributed by atoms with E-state index in [4.69, 9.17) is 14.0 Å². The molecule has 1 saturated heterocycles. The molecule has 0 saturated carbocycles. The van der Waals surface area contributed by atoms with Crippen molar-refractivity contribution in [2.75, 3.05) is 20.8 Å². The maximum atomic E-state index is 13.2. The van der Waals surface area contributed by atoms with Crippen molar-refractivity contribution in [3.05, 3.63) is 59.5 Å². The highest BCUT2D eigenvalue weighted by Crippen LogP contribution is 2.34. The van der Waals surface area contributed by atoms with Crippen molar-refractivity contribution < 1.29 is 18.8 Å². The summed E-state index contributed by atoms with van der Waals surface area (Å²) in [5.74, 6) is 2.03. The van der Waals surface area contributed by atoms with Gasteiger partial charge in [0.2, 0.25) is 11.7 Å². The Kier molecular flexibility index (Phi) is 5.20. The number of nitrogens with zero attached hydrogens (tertiary/aromatic N) is 3. The van der Waals surface area contributed by atoms with Gasteiger partial charge in [-0.15, -0.1) is 0 Å². The molecule has 0 radical (unpaired) electrons. The van der Waals surface area contributed by atoms with Gasteiger partial charge in [0.05, 0.1) is 14.2 Å². The molecule has 1 aliphatic rings. The summed E-state index contributed by atoms with van der Waals surface area (Å²) in [7, 11) is 3.12. The number of hydrogen-bond acceptors (Lipinski definition) is 6. The summed E-state index contributed by atoms with van der Waals surface area (Å²) in [6.45, 7) is 2.65. The van der Waals surface area contributed by atoms with Crippen LogP contribution in [0.3, 0.4) is 0 Å². The largest absolute Gasteiger partial charge is 0.497 e. The molecule has 2 aromatic carbocycles. The molecule has 3 aromatic rings. The number of benzene rings is 2. The number of carbonyl (C=O) groups is 1. The molecule has 0 aliphatic carbocycles. The third-order valence-electron chi connectivity index (χ3n) is 5.12. The number of carbonyl (C=O) groups excluding carboxylic acids is 1. The van der Waals surface area contributed by atoms with Crippen molar-refractivity contribution in [2.24, 2.45) is 0 Å². The van der Waals surface area contributed by atoms with Gasteiger partial charge in [0.25, 0.3) is 5.91 Å². The standard InChI is InChI=1S/C22H23N3O4/c1-14-6-4-7-15(10-14)20-23-21(29-24-20)19-8-5-9-25(19)22(26)16-11-17(27-2)13-18(12-16)28-3/h4,6-7,10-13,19H,5,8-9H2,1-3H3. The predicted octanol–water partition coefficient (Wildman–Crippen LogP) is 4.04. The van der Waals surface area contributed by atoms with Gasteiger partial charge in [-0.2, -0.15) is 4.98 Å². The Balaban J connectivity index is 1.61. The first kappa shape index (κ1) is 19.0. The van der Waals surface area contributed by atoms with Gasteiger partial charge >= 0.3 is 0 Å². The number of aryl methyl sites for hydroxylation is 1. The van der Waals surface area contributed by atoms with Gasteiger partial charge in [0.1, 0.15) is 17.5 Å². The molecule has 29 heavy (non-hydrogen) atoms. The summed E-state index contributed by atoms with van der Waals surface area (Å²) >= 11 is 0. The highest BCUT2D eigenvalue weighted by Gasteiger charge is 2.35. The lowest BCUT2D eigenvalue weighted by Gasteiger charge is -2.22. The Morgan fingerprint density at radius 2 is 1.90 bits per heavy atom. The Hall–Kier alpha value is -3.35. The van der Waals surface area contributed by atoms with E-state index >= 15 is 0 Å². The summed E-state index contributed by atoms with van der Waals surface area (Å²) < 4.78 is 16.1. The van der Waals surface area contributed by atoms with Crippen molar-refractivity contribution in [3.8, 4) is 22.9 Å². The van der Waals surface area contributed by atoms with E-state index in [-0.39, 0.29) is 11.9 Å². The minimum absolute atomic E-state index is 0.111. The summed E-state index contributed by atoms with van der Waals surface area (Å²) in [5, 5.41) is 4.13. The van der Waals surface area contributed by atoms with E-state index in [1.807, 2.05) is 31.2 Å². The smallest absolute Gasteiger partial charge is 0.254 e. The summed E-state index contributed by atoms with van der Waals surface area (Å²) in [4.78, 5) is 19.6. The van der Waals surface area contributed by atoms with Gasteiger partial charge < -0.3 is 18.9 Å². The second-order valence-electron chi connectivity index (χ2n) is 7.08. The number of amides is 1. The van der Waals surface area contributed by atoms with Crippen LogP contribution >= 0.6 is 0 Å². The minimum Gasteiger partial charge on any atom is -0.497 e. The van der Waals surface area contributed by atoms with Crippen molar-refractivity contribution in [1.82, 2.24) is 15.0 Å². The van der Waals surface area contributed by atoms with Crippen LogP contribution in [0.1, 0.15) is 40.7 Å². The van der Waals surface area contributed by atoms with Crippen LogP contribution in [0.25, 0.3) is 11.4 Å². The lowest BCUT2D eigenvalue weighted by molar-refractivity contribution is 0.0709. The van der Waals surface area contributed by atoms with E-state index in [1.165, 1.54) is 0 Å². The molecule has 0 bridgehead atoms. The molecule has 7 heteroatoms. The first-order valence-corrected chi connectivity index (χ1v) is 9.53. The predicted molar refractivity (Wildman–Crippen MR) is 107 cm³/mol. The van der Waals surface area contributed by atoms with Gasteiger partial charge in [-0.25, -0.2) is 0 Å². The summed E-state index contributed by atoms with van der Waals surface area (Å²) in [6, 6.07) is 12.9. The molecule has 1 fully saturated rings. The highest BCUT2D eigenvalue weighted by molar-refractivity contribution is 5.95. The second-order valence-corrected chi connectivity index (χ2v) is 7.08. The van der Waals surface area contributed by atoms with Gasteiger partial charge in [-0.3, -0.25) is 4.79 Å².